The normalized spacial score (nSPS) is 16.9. The highest BCUT2D eigenvalue weighted by atomic mass is 32.2. The Balaban J connectivity index is 1.57. The molecular weight excluding hydrogens is 472 g/mol. The smallest absolute Gasteiger partial charge is 0.250 e. The SMILES string of the molecule is CNS(=O)(=O)c1sc(Nc2nc(CC3CCCNC3)cn3c(-c4cnn(C)c4)cnc23)cc1C. The van der Waals surface area contributed by atoms with Gasteiger partial charge in [-0.2, -0.15) is 5.10 Å². The summed E-state index contributed by atoms with van der Waals surface area (Å²) in [5.41, 5.74) is 4.21. The molecule has 0 saturated carbocycles. The Bertz CT molecular complexity index is 1430. The summed E-state index contributed by atoms with van der Waals surface area (Å²) < 4.78 is 31.2. The number of thiophene rings is 1. The maximum Gasteiger partial charge on any atom is 0.250 e. The molecule has 1 atom stereocenters. The topological polar surface area (TPSA) is 118 Å². The third-order valence-electron chi connectivity index (χ3n) is 6.07. The van der Waals surface area contributed by atoms with Crippen LogP contribution in [0.3, 0.4) is 0 Å². The molecule has 5 heterocycles. The summed E-state index contributed by atoms with van der Waals surface area (Å²) in [6.45, 7) is 3.84. The van der Waals surface area contributed by atoms with Gasteiger partial charge in [0.15, 0.2) is 11.5 Å². The standard InChI is InChI=1S/C22H28N8O2S2/c1-14-7-19(33-22(14)34(31,32)23-2)28-20-21-25-11-18(16-10-26-29(3)12-16)30(21)13-17(27-20)8-15-5-4-6-24-9-15/h7,10-13,15,23-24H,4-6,8-9H2,1-3H3,(H,27,28). The number of rotatable bonds is 7. The second-order valence-corrected chi connectivity index (χ2v) is 11.8. The summed E-state index contributed by atoms with van der Waals surface area (Å²) in [5, 5.41) is 11.8. The lowest BCUT2D eigenvalue weighted by atomic mass is 9.95. The lowest BCUT2D eigenvalue weighted by Crippen LogP contribution is -2.31. The fourth-order valence-corrected chi connectivity index (χ4v) is 6.81. The first kappa shape index (κ1) is 23.0. The number of sulfonamides is 1. The Morgan fingerprint density at radius 1 is 1.29 bits per heavy atom. The molecule has 3 N–H and O–H groups in total. The zero-order valence-corrected chi connectivity index (χ0v) is 21.0. The zero-order valence-electron chi connectivity index (χ0n) is 19.4. The number of hydrogen-bond acceptors (Lipinski definition) is 8. The number of fused-ring (bicyclic) bond motifs is 1. The molecule has 0 aliphatic carbocycles. The Hall–Kier alpha value is -2.80. The molecule has 0 bridgehead atoms. The molecule has 1 aliphatic heterocycles. The maximum absolute atomic E-state index is 12.4. The van der Waals surface area contributed by atoms with Crippen molar-refractivity contribution in [3.63, 3.8) is 0 Å². The molecule has 4 aromatic heterocycles. The second kappa shape index (κ2) is 9.10. The molecule has 180 valence electrons. The van der Waals surface area contributed by atoms with E-state index < -0.39 is 10.0 Å². The molecule has 1 unspecified atom stereocenters. The van der Waals surface area contributed by atoms with Crippen molar-refractivity contribution in [2.24, 2.45) is 13.0 Å². The Morgan fingerprint density at radius 2 is 2.15 bits per heavy atom. The van der Waals surface area contributed by atoms with Gasteiger partial charge in [-0.15, -0.1) is 11.3 Å². The molecule has 1 aliphatic rings. The van der Waals surface area contributed by atoms with E-state index >= 15 is 0 Å². The van der Waals surface area contributed by atoms with Gasteiger partial charge < -0.3 is 10.6 Å². The van der Waals surface area contributed by atoms with Gasteiger partial charge in [0.1, 0.15) is 4.21 Å². The minimum absolute atomic E-state index is 0.289. The van der Waals surface area contributed by atoms with E-state index in [0.29, 0.717) is 27.9 Å². The molecule has 5 rings (SSSR count). The molecule has 0 aromatic carbocycles. The summed E-state index contributed by atoms with van der Waals surface area (Å²) in [7, 11) is -0.224. The van der Waals surface area contributed by atoms with Crippen molar-refractivity contribution in [3.8, 4) is 11.3 Å². The van der Waals surface area contributed by atoms with Gasteiger partial charge in [-0.3, -0.25) is 9.08 Å². The third kappa shape index (κ3) is 4.45. The van der Waals surface area contributed by atoms with Crippen LogP contribution in [-0.2, 0) is 23.5 Å². The average Bonchev–Trinajstić information content (AvgIpc) is 3.53. The average molecular weight is 501 g/mol. The Labute approximate surface area is 202 Å². The number of nitrogens with one attached hydrogen (secondary N) is 3. The molecule has 10 nitrogen and oxygen atoms in total. The summed E-state index contributed by atoms with van der Waals surface area (Å²) in [6.07, 6.45) is 10.8. The third-order valence-corrected chi connectivity index (χ3v) is 9.27. The van der Waals surface area contributed by atoms with Gasteiger partial charge in [-0.1, -0.05) is 0 Å². The number of imidazole rings is 1. The van der Waals surface area contributed by atoms with E-state index in [1.807, 2.05) is 36.1 Å². The number of piperidine rings is 1. The molecular formula is C22H28N8O2S2. The second-order valence-electron chi connectivity index (χ2n) is 8.65. The van der Waals surface area contributed by atoms with Crippen LogP contribution in [0.25, 0.3) is 16.9 Å². The van der Waals surface area contributed by atoms with Crippen LogP contribution in [0.1, 0.15) is 24.1 Å². The zero-order chi connectivity index (χ0) is 23.9. The van der Waals surface area contributed by atoms with Gasteiger partial charge in [0, 0.05) is 25.0 Å². The highest BCUT2D eigenvalue weighted by molar-refractivity contribution is 7.91. The number of anilines is 2. The fraction of sp³-hybridized carbons (Fsp3) is 0.409. The van der Waals surface area contributed by atoms with Crippen molar-refractivity contribution in [2.45, 2.75) is 30.4 Å². The van der Waals surface area contributed by atoms with E-state index in [1.165, 1.54) is 31.2 Å². The van der Waals surface area contributed by atoms with Gasteiger partial charge in [0.05, 0.1) is 28.8 Å². The Kier molecular flexibility index (Phi) is 6.15. The first-order valence-corrected chi connectivity index (χ1v) is 13.5. The van der Waals surface area contributed by atoms with Gasteiger partial charge in [0.25, 0.3) is 0 Å². The number of nitrogens with zero attached hydrogens (tertiary/aromatic N) is 5. The molecule has 1 fully saturated rings. The predicted molar refractivity (Wildman–Crippen MR) is 133 cm³/mol. The van der Waals surface area contributed by atoms with Crippen molar-refractivity contribution < 1.29 is 8.42 Å². The summed E-state index contributed by atoms with van der Waals surface area (Å²) >= 11 is 1.18. The fourth-order valence-electron chi connectivity index (χ4n) is 4.38. The predicted octanol–water partition coefficient (Wildman–Crippen LogP) is 2.69. The quantitative estimate of drug-likeness (QED) is 0.357. The minimum atomic E-state index is -3.53. The highest BCUT2D eigenvalue weighted by Gasteiger charge is 2.21. The highest BCUT2D eigenvalue weighted by Crippen LogP contribution is 2.34. The van der Waals surface area contributed by atoms with Crippen molar-refractivity contribution in [2.75, 3.05) is 25.5 Å². The molecule has 4 aromatic rings. The lowest BCUT2D eigenvalue weighted by Gasteiger charge is -2.22. The minimum Gasteiger partial charge on any atom is -0.329 e. The molecule has 0 spiro atoms. The van der Waals surface area contributed by atoms with E-state index in [1.54, 1.807) is 11.6 Å². The molecule has 1 saturated heterocycles. The van der Waals surface area contributed by atoms with Crippen molar-refractivity contribution >= 4 is 37.8 Å². The van der Waals surface area contributed by atoms with Crippen LogP contribution in [0.15, 0.2) is 35.1 Å². The van der Waals surface area contributed by atoms with Gasteiger partial charge >= 0.3 is 0 Å². The number of hydrogen-bond donors (Lipinski definition) is 3. The first-order valence-electron chi connectivity index (χ1n) is 11.2. The Morgan fingerprint density at radius 3 is 2.85 bits per heavy atom. The lowest BCUT2D eigenvalue weighted by molar-refractivity contribution is 0.373. The molecule has 34 heavy (non-hydrogen) atoms. The van der Waals surface area contributed by atoms with E-state index in [0.717, 1.165) is 36.5 Å². The molecule has 0 amide bonds. The van der Waals surface area contributed by atoms with Crippen molar-refractivity contribution in [3.05, 3.63) is 42.1 Å². The summed E-state index contributed by atoms with van der Waals surface area (Å²) in [6, 6.07) is 1.83. The van der Waals surface area contributed by atoms with E-state index in [4.69, 9.17) is 4.98 Å². The van der Waals surface area contributed by atoms with Crippen LogP contribution in [0.4, 0.5) is 10.8 Å². The van der Waals surface area contributed by atoms with Crippen LogP contribution in [0.5, 0.6) is 0 Å². The van der Waals surface area contributed by atoms with Crippen molar-refractivity contribution in [1.29, 1.82) is 0 Å². The molecule has 0 radical (unpaired) electrons. The maximum atomic E-state index is 12.4. The van der Waals surface area contributed by atoms with E-state index in [2.05, 4.69) is 31.6 Å². The summed E-state index contributed by atoms with van der Waals surface area (Å²) in [4.78, 5) is 9.57. The van der Waals surface area contributed by atoms with Gasteiger partial charge in [-0.25, -0.2) is 23.1 Å². The van der Waals surface area contributed by atoms with Crippen LogP contribution in [-0.4, -0.2) is 52.7 Å². The van der Waals surface area contributed by atoms with E-state index in [9.17, 15) is 8.42 Å². The van der Waals surface area contributed by atoms with Crippen LogP contribution in [0.2, 0.25) is 0 Å². The van der Waals surface area contributed by atoms with E-state index in [-0.39, 0.29) is 4.21 Å². The van der Waals surface area contributed by atoms with Crippen molar-refractivity contribution in [1.82, 2.24) is 34.2 Å². The largest absolute Gasteiger partial charge is 0.329 e. The monoisotopic (exact) mass is 500 g/mol. The van der Waals surface area contributed by atoms with Gasteiger partial charge in [-0.05, 0) is 63.9 Å². The number of aryl methyl sites for hydroxylation is 2. The van der Waals surface area contributed by atoms with Crippen LogP contribution >= 0.6 is 11.3 Å². The van der Waals surface area contributed by atoms with Crippen LogP contribution in [0, 0.1) is 12.8 Å². The molecule has 12 heteroatoms. The van der Waals surface area contributed by atoms with Gasteiger partial charge in [0.2, 0.25) is 10.0 Å². The summed E-state index contributed by atoms with van der Waals surface area (Å²) in [5.74, 6) is 1.12. The van der Waals surface area contributed by atoms with Crippen LogP contribution < -0.4 is 15.4 Å². The first-order chi connectivity index (χ1) is 16.3. The number of aromatic nitrogens is 5.